The first-order valence-corrected chi connectivity index (χ1v) is 7.54. The molecule has 1 N–H and O–H groups in total. The predicted molar refractivity (Wildman–Crippen MR) is 65.8 cm³/mol. The lowest BCUT2D eigenvalue weighted by Gasteiger charge is -2.23. The van der Waals surface area contributed by atoms with Crippen molar-refractivity contribution in [3.8, 4) is 0 Å². The smallest absolute Gasteiger partial charge is 0.273 e. The van der Waals surface area contributed by atoms with Crippen molar-refractivity contribution in [1.82, 2.24) is 9.78 Å². The Kier molecular flexibility index (Phi) is 3.74. The Morgan fingerprint density at radius 3 is 2.83 bits per heavy atom. The average molecular weight is 274 g/mol. The van der Waals surface area contributed by atoms with Crippen LogP contribution in [0.2, 0.25) is 0 Å². The molecule has 1 aromatic heterocycles. The van der Waals surface area contributed by atoms with Crippen LogP contribution in [0.3, 0.4) is 0 Å². The third-order valence-electron chi connectivity index (χ3n) is 3.23. The van der Waals surface area contributed by atoms with Crippen LogP contribution < -0.4 is 0 Å². The van der Waals surface area contributed by atoms with Gasteiger partial charge in [0.25, 0.3) is 10.1 Å². The number of hydrogen-bond acceptors (Lipinski definition) is 4. The minimum atomic E-state index is -4.11. The van der Waals surface area contributed by atoms with Crippen LogP contribution in [0.1, 0.15) is 49.1 Å². The predicted octanol–water partition coefficient (Wildman–Crippen LogP) is 1.84. The Morgan fingerprint density at radius 1 is 1.56 bits per heavy atom. The minimum Gasteiger partial charge on any atom is -0.357 e. The van der Waals surface area contributed by atoms with E-state index in [0.717, 1.165) is 25.0 Å². The van der Waals surface area contributed by atoms with E-state index in [1.807, 2.05) is 6.92 Å². The second-order valence-corrected chi connectivity index (χ2v) is 6.37. The highest BCUT2D eigenvalue weighted by Gasteiger charge is 2.25. The van der Waals surface area contributed by atoms with Gasteiger partial charge >= 0.3 is 0 Å². The highest BCUT2D eigenvalue weighted by atomic mass is 32.2. The summed E-state index contributed by atoms with van der Waals surface area (Å²) in [5, 5.41) is 3.24. The van der Waals surface area contributed by atoms with Crippen LogP contribution in [-0.4, -0.2) is 29.4 Å². The summed E-state index contributed by atoms with van der Waals surface area (Å²) in [7, 11) is -4.11. The highest BCUT2D eigenvalue weighted by molar-refractivity contribution is 7.86. The van der Waals surface area contributed by atoms with Gasteiger partial charge in [0, 0.05) is 12.3 Å². The van der Waals surface area contributed by atoms with E-state index in [1.165, 1.54) is 6.92 Å². The van der Waals surface area contributed by atoms with Crippen LogP contribution in [0, 0.1) is 6.92 Å². The number of hydrogen-bond donors (Lipinski definition) is 1. The summed E-state index contributed by atoms with van der Waals surface area (Å²) in [4.78, 5) is 0. The molecule has 0 amide bonds. The van der Waals surface area contributed by atoms with Gasteiger partial charge in [0.2, 0.25) is 0 Å². The molecule has 1 aliphatic heterocycles. The van der Waals surface area contributed by atoms with E-state index in [0.29, 0.717) is 12.3 Å². The van der Waals surface area contributed by atoms with E-state index in [4.69, 9.17) is 9.29 Å². The Bertz CT molecular complexity index is 517. The van der Waals surface area contributed by atoms with Gasteiger partial charge in [-0.15, -0.1) is 0 Å². The standard InChI is InChI=1S/C11H18N2O4S/c1-8-7-10(9(2)18(14,15)16)12-13(8)11-5-3-4-6-17-11/h7,9,11H,3-6H2,1-2H3,(H,14,15,16). The van der Waals surface area contributed by atoms with Gasteiger partial charge in [-0.25, -0.2) is 4.68 Å². The van der Waals surface area contributed by atoms with Gasteiger partial charge in [-0.05, 0) is 39.2 Å². The van der Waals surface area contributed by atoms with Gasteiger partial charge in [-0.1, -0.05) is 0 Å². The zero-order chi connectivity index (χ0) is 13.3. The maximum atomic E-state index is 11.1. The average Bonchev–Trinajstić information content (AvgIpc) is 2.70. The number of aryl methyl sites for hydroxylation is 1. The maximum Gasteiger partial charge on any atom is 0.273 e. The fourth-order valence-corrected chi connectivity index (χ4v) is 2.49. The molecule has 7 heteroatoms. The molecule has 2 atom stereocenters. The molecule has 2 unspecified atom stereocenters. The lowest BCUT2D eigenvalue weighted by Crippen LogP contribution is -2.20. The molecule has 2 rings (SSSR count). The van der Waals surface area contributed by atoms with Crippen LogP contribution >= 0.6 is 0 Å². The van der Waals surface area contributed by atoms with Crippen molar-refractivity contribution in [1.29, 1.82) is 0 Å². The molecule has 1 aromatic rings. The number of ether oxygens (including phenoxy) is 1. The molecule has 2 heterocycles. The molecule has 102 valence electrons. The quantitative estimate of drug-likeness (QED) is 0.850. The fraction of sp³-hybridized carbons (Fsp3) is 0.727. The molecule has 0 radical (unpaired) electrons. The summed E-state index contributed by atoms with van der Waals surface area (Å²) < 4.78 is 38.6. The molecule has 0 spiro atoms. The molecule has 0 aliphatic carbocycles. The normalized spacial score (nSPS) is 22.9. The van der Waals surface area contributed by atoms with Crippen molar-refractivity contribution in [3.63, 3.8) is 0 Å². The van der Waals surface area contributed by atoms with Gasteiger partial charge in [-0.2, -0.15) is 13.5 Å². The number of aromatic nitrogens is 2. The molecule has 0 saturated carbocycles. The summed E-state index contributed by atoms with van der Waals surface area (Å²) >= 11 is 0. The van der Waals surface area contributed by atoms with Gasteiger partial charge in [0.1, 0.15) is 11.5 Å². The maximum absolute atomic E-state index is 11.1. The first-order chi connectivity index (χ1) is 8.39. The Labute approximate surface area is 107 Å². The first-order valence-electron chi connectivity index (χ1n) is 6.03. The second kappa shape index (κ2) is 4.99. The Balaban J connectivity index is 2.26. The van der Waals surface area contributed by atoms with Crippen LogP contribution in [0.4, 0.5) is 0 Å². The highest BCUT2D eigenvalue weighted by Crippen LogP contribution is 2.26. The first kappa shape index (κ1) is 13.5. The molecule has 6 nitrogen and oxygen atoms in total. The topological polar surface area (TPSA) is 81.4 Å². The van der Waals surface area contributed by atoms with Crippen molar-refractivity contribution < 1.29 is 17.7 Å². The van der Waals surface area contributed by atoms with Crippen molar-refractivity contribution in [3.05, 3.63) is 17.5 Å². The van der Waals surface area contributed by atoms with Crippen molar-refractivity contribution in [2.45, 2.75) is 44.6 Å². The SMILES string of the molecule is Cc1cc(C(C)S(=O)(=O)O)nn1C1CCCCO1. The largest absolute Gasteiger partial charge is 0.357 e. The summed E-state index contributed by atoms with van der Waals surface area (Å²) in [6.45, 7) is 3.97. The lowest BCUT2D eigenvalue weighted by atomic mass is 10.2. The van der Waals surface area contributed by atoms with Gasteiger partial charge in [0.05, 0.1) is 5.69 Å². The number of nitrogens with zero attached hydrogens (tertiary/aromatic N) is 2. The summed E-state index contributed by atoms with van der Waals surface area (Å²) in [6, 6.07) is 1.68. The Hall–Kier alpha value is -0.920. The molecule has 0 bridgehead atoms. The van der Waals surface area contributed by atoms with Crippen molar-refractivity contribution in [2.75, 3.05) is 6.61 Å². The number of rotatable bonds is 3. The van der Waals surface area contributed by atoms with E-state index in [-0.39, 0.29) is 6.23 Å². The van der Waals surface area contributed by atoms with Crippen LogP contribution in [0.5, 0.6) is 0 Å². The van der Waals surface area contributed by atoms with Gasteiger partial charge in [0.15, 0.2) is 0 Å². The molecule has 1 aliphatic rings. The minimum absolute atomic E-state index is 0.124. The molecule has 0 aromatic carbocycles. The third-order valence-corrected chi connectivity index (χ3v) is 4.37. The van der Waals surface area contributed by atoms with E-state index in [1.54, 1.807) is 10.7 Å². The second-order valence-electron chi connectivity index (χ2n) is 4.63. The monoisotopic (exact) mass is 274 g/mol. The zero-order valence-corrected chi connectivity index (χ0v) is 11.4. The Morgan fingerprint density at radius 2 is 2.28 bits per heavy atom. The van der Waals surface area contributed by atoms with E-state index in [2.05, 4.69) is 5.10 Å². The van der Waals surface area contributed by atoms with E-state index < -0.39 is 15.4 Å². The molecular formula is C11H18N2O4S. The lowest BCUT2D eigenvalue weighted by molar-refractivity contribution is -0.0408. The summed E-state index contributed by atoms with van der Waals surface area (Å²) in [5.41, 5.74) is 1.19. The van der Waals surface area contributed by atoms with Crippen LogP contribution in [0.25, 0.3) is 0 Å². The molecular weight excluding hydrogens is 256 g/mol. The molecule has 1 saturated heterocycles. The van der Waals surface area contributed by atoms with E-state index in [9.17, 15) is 8.42 Å². The van der Waals surface area contributed by atoms with Crippen molar-refractivity contribution >= 4 is 10.1 Å². The van der Waals surface area contributed by atoms with Gasteiger partial charge < -0.3 is 4.74 Å². The third kappa shape index (κ3) is 2.73. The van der Waals surface area contributed by atoms with Crippen LogP contribution in [-0.2, 0) is 14.9 Å². The van der Waals surface area contributed by atoms with Gasteiger partial charge in [-0.3, -0.25) is 4.55 Å². The zero-order valence-electron chi connectivity index (χ0n) is 10.5. The molecule has 1 fully saturated rings. The van der Waals surface area contributed by atoms with E-state index >= 15 is 0 Å². The van der Waals surface area contributed by atoms with Crippen LogP contribution in [0.15, 0.2) is 6.07 Å². The molecule has 18 heavy (non-hydrogen) atoms. The summed E-state index contributed by atoms with van der Waals surface area (Å²) in [6.07, 6.45) is 2.88. The fourth-order valence-electron chi connectivity index (χ4n) is 2.07. The summed E-state index contributed by atoms with van der Waals surface area (Å²) in [5.74, 6) is 0. The van der Waals surface area contributed by atoms with Crippen molar-refractivity contribution in [2.24, 2.45) is 0 Å².